The molecule has 17 heavy (non-hydrogen) atoms. The summed E-state index contributed by atoms with van der Waals surface area (Å²) in [6, 6.07) is 3.90. The van der Waals surface area contributed by atoms with Crippen LogP contribution in [-0.2, 0) is 0 Å². The molecule has 0 N–H and O–H groups in total. The second-order valence-corrected chi connectivity index (χ2v) is 4.49. The molecular formula is C11H4Cl3F2N. The van der Waals surface area contributed by atoms with Gasteiger partial charge in [0.1, 0.15) is 0 Å². The van der Waals surface area contributed by atoms with Crippen LogP contribution >= 0.6 is 34.8 Å². The van der Waals surface area contributed by atoms with Gasteiger partial charge < -0.3 is 0 Å². The average molecular weight is 295 g/mol. The molecule has 1 aromatic heterocycles. The van der Waals surface area contributed by atoms with E-state index in [1.807, 2.05) is 0 Å². The third kappa shape index (κ3) is 2.51. The number of aromatic nitrogens is 1. The van der Waals surface area contributed by atoms with Gasteiger partial charge in [-0.2, -0.15) is 4.39 Å². The van der Waals surface area contributed by atoms with Gasteiger partial charge in [-0.15, -0.1) is 0 Å². The number of hydrogen-bond donors (Lipinski definition) is 0. The SMILES string of the molecule is Fc1cc(-c2c(Cl)cc(Cl)cc2Cl)cnc1F. The van der Waals surface area contributed by atoms with Crippen LogP contribution in [0.15, 0.2) is 24.4 Å². The summed E-state index contributed by atoms with van der Waals surface area (Å²) in [4.78, 5) is 3.27. The van der Waals surface area contributed by atoms with Crippen LogP contribution in [0.5, 0.6) is 0 Å². The summed E-state index contributed by atoms with van der Waals surface area (Å²) < 4.78 is 25.8. The van der Waals surface area contributed by atoms with E-state index in [0.29, 0.717) is 10.6 Å². The van der Waals surface area contributed by atoms with Crippen LogP contribution in [0.3, 0.4) is 0 Å². The maximum absolute atomic E-state index is 13.1. The highest BCUT2D eigenvalue weighted by Crippen LogP contribution is 2.37. The smallest absolute Gasteiger partial charge is 0.225 e. The molecular weight excluding hydrogens is 290 g/mol. The Morgan fingerprint density at radius 1 is 0.941 bits per heavy atom. The van der Waals surface area contributed by atoms with Crippen molar-refractivity contribution in [2.24, 2.45) is 0 Å². The zero-order valence-electron chi connectivity index (χ0n) is 8.15. The molecule has 0 aliphatic carbocycles. The van der Waals surface area contributed by atoms with Gasteiger partial charge in [0.15, 0.2) is 5.82 Å². The second-order valence-electron chi connectivity index (χ2n) is 3.24. The fourth-order valence-electron chi connectivity index (χ4n) is 1.38. The zero-order chi connectivity index (χ0) is 12.6. The molecule has 0 atom stereocenters. The van der Waals surface area contributed by atoms with Crippen LogP contribution in [0.2, 0.25) is 15.1 Å². The molecule has 88 valence electrons. The minimum absolute atomic E-state index is 0.246. The summed E-state index contributed by atoms with van der Waals surface area (Å²) in [5, 5.41) is 0.852. The molecule has 0 fully saturated rings. The van der Waals surface area contributed by atoms with E-state index in [9.17, 15) is 8.78 Å². The summed E-state index contributed by atoms with van der Waals surface area (Å²) in [5.41, 5.74) is 0.653. The van der Waals surface area contributed by atoms with Crippen LogP contribution in [0.25, 0.3) is 11.1 Å². The van der Waals surface area contributed by atoms with Gasteiger partial charge in [0.25, 0.3) is 0 Å². The molecule has 1 aromatic carbocycles. The van der Waals surface area contributed by atoms with Crippen LogP contribution in [0.1, 0.15) is 0 Å². The molecule has 0 amide bonds. The topological polar surface area (TPSA) is 12.9 Å². The van der Waals surface area contributed by atoms with Crippen molar-refractivity contribution >= 4 is 34.8 Å². The highest BCUT2D eigenvalue weighted by molar-refractivity contribution is 6.41. The minimum Gasteiger partial charge on any atom is -0.225 e. The van der Waals surface area contributed by atoms with E-state index in [-0.39, 0.29) is 15.6 Å². The minimum atomic E-state index is -1.17. The lowest BCUT2D eigenvalue weighted by atomic mass is 10.1. The van der Waals surface area contributed by atoms with Gasteiger partial charge in [-0.1, -0.05) is 34.8 Å². The fraction of sp³-hybridized carbons (Fsp3) is 0. The van der Waals surface area contributed by atoms with Crippen LogP contribution in [0, 0.1) is 11.8 Å². The third-order valence-corrected chi connectivity index (χ3v) is 2.91. The molecule has 1 nitrogen and oxygen atoms in total. The number of pyridine rings is 1. The first-order chi connectivity index (χ1) is 7.99. The van der Waals surface area contributed by atoms with Crippen molar-refractivity contribution in [2.75, 3.05) is 0 Å². The molecule has 6 heteroatoms. The van der Waals surface area contributed by atoms with Gasteiger partial charge in [0.05, 0.1) is 10.0 Å². The van der Waals surface area contributed by atoms with Gasteiger partial charge in [-0.25, -0.2) is 9.37 Å². The monoisotopic (exact) mass is 293 g/mol. The molecule has 2 rings (SSSR count). The van der Waals surface area contributed by atoms with E-state index in [1.54, 1.807) is 0 Å². The summed E-state index contributed by atoms with van der Waals surface area (Å²) in [5.74, 6) is -2.24. The van der Waals surface area contributed by atoms with Gasteiger partial charge >= 0.3 is 0 Å². The normalized spacial score (nSPS) is 10.6. The summed E-state index contributed by atoms with van der Waals surface area (Å²) >= 11 is 17.6. The highest BCUT2D eigenvalue weighted by atomic mass is 35.5. The van der Waals surface area contributed by atoms with E-state index in [0.717, 1.165) is 12.3 Å². The van der Waals surface area contributed by atoms with Gasteiger partial charge in [-0.3, -0.25) is 0 Å². The van der Waals surface area contributed by atoms with Crippen molar-refractivity contribution in [3.05, 3.63) is 51.2 Å². The van der Waals surface area contributed by atoms with E-state index < -0.39 is 11.8 Å². The first kappa shape index (κ1) is 12.6. The summed E-state index contributed by atoms with van der Waals surface area (Å²) in [6.07, 6.45) is 1.15. The van der Waals surface area contributed by atoms with Gasteiger partial charge in [-0.05, 0) is 18.2 Å². The Morgan fingerprint density at radius 2 is 1.53 bits per heavy atom. The number of halogens is 5. The molecule has 0 aliphatic rings. The Kier molecular flexibility index (Phi) is 3.52. The highest BCUT2D eigenvalue weighted by Gasteiger charge is 2.13. The van der Waals surface area contributed by atoms with E-state index in [2.05, 4.69) is 4.98 Å². The van der Waals surface area contributed by atoms with Crippen LogP contribution in [-0.4, -0.2) is 4.98 Å². The summed E-state index contributed by atoms with van der Waals surface area (Å²) in [6.45, 7) is 0. The number of benzene rings is 1. The molecule has 0 saturated carbocycles. The number of rotatable bonds is 1. The first-order valence-corrected chi connectivity index (χ1v) is 5.58. The Morgan fingerprint density at radius 3 is 2.06 bits per heavy atom. The maximum Gasteiger partial charge on any atom is 0.248 e. The van der Waals surface area contributed by atoms with Crippen molar-refractivity contribution in [1.82, 2.24) is 4.98 Å². The van der Waals surface area contributed by atoms with Crippen molar-refractivity contribution in [3.63, 3.8) is 0 Å². The predicted octanol–water partition coefficient (Wildman–Crippen LogP) is 4.99. The lowest BCUT2D eigenvalue weighted by Crippen LogP contribution is -1.91. The zero-order valence-corrected chi connectivity index (χ0v) is 10.4. The van der Waals surface area contributed by atoms with Gasteiger partial charge in [0, 0.05) is 22.3 Å². The Hall–Kier alpha value is -0.900. The molecule has 0 saturated heterocycles. The van der Waals surface area contributed by atoms with Crippen molar-refractivity contribution in [2.45, 2.75) is 0 Å². The summed E-state index contributed by atoms with van der Waals surface area (Å²) in [7, 11) is 0. The standard InChI is InChI=1S/C11H4Cl3F2N/c12-6-2-7(13)10(8(14)3-6)5-1-9(15)11(16)17-4-5/h1-4H. The molecule has 0 bridgehead atoms. The van der Waals surface area contributed by atoms with E-state index >= 15 is 0 Å². The Bertz CT molecular complexity index is 564. The third-order valence-electron chi connectivity index (χ3n) is 2.09. The molecule has 0 unspecified atom stereocenters. The lowest BCUT2D eigenvalue weighted by Gasteiger charge is -2.07. The quantitative estimate of drug-likeness (QED) is 0.675. The molecule has 0 spiro atoms. The fourth-order valence-corrected chi connectivity index (χ4v) is 2.41. The van der Waals surface area contributed by atoms with E-state index in [1.165, 1.54) is 12.1 Å². The Labute approximate surface area is 111 Å². The molecule has 1 heterocycles. The maximum atomic E-state index is 13.1. The number of nitrogens with zero attached hydrogens (tertiary/aromatic N) is 1. The Balaban J connectivity index is 2.64. The molecule has 0 radical (unpaired) electrons. The van der Waals surface area contributed by atoms with Crippen LogP contribution in [0.4, 0.5) is 8.78 Å². The molecule has 2 aromatic rings. The largest absolute Gasteiger partial charge is 0.248 e. The molecule has 0 aliphatic heterocycles. The average Bonchev–Trinajstić information content (AvgIpc) is 2.21. The van der Waals surface area contributed by atoms with Crippen molar-refractivity contribution < 1.29 is 8.78 Å². The van der Waals surface area contributed by atoms with E-state index in [4.69, 9.17) is 34.8 Å². The first-order valence-electron chi connectivity index (χ1n) is 4.45. The number of hydrogen-bond acceptors (Lipinski definition) is 1. The van der Waals surface area contributed by atoms with Crippen LogP contribution < -0.4 is 0 Å². The van der Waals surface area contributed by atoms with Crippen molar-refractivity contribution in [3.8, 4) is 11.1 Å². The lowest BCUT2D eigenvalue weighted by molar-refractivity contribution is 0.480. The second kappa shape index (κ2) is 4.77. The van der Waals surface area contributed by atoms with Gasteiger partial charge in [0.2, 0.25) is 5.95 Å². The predicted molar refractivity (Wildman–Crippen MR) is 64.6 cm³/mol. The van der Waals surface area contributed by atoms with Crippen molar-refractivity contribution in [1.29, 1.82) is 0 Å².